The van der Waals surface area contributed by atoms with Crippen molar-refractivity contribution in [2.24, 2.45) is 0 Å². The lowest BCUT2D eigenvalue weighted by molar-refractivity contribution is 0.0698. The maximum Gasteiger partial charge on any atom is 0.337 e. The molecule has 2 rings (SSSR count). The third kappa shape index (κ3) is 2.19. The van der Waals surface area contributed by atoms with Gasteiger partial charge in [0.15, 0.2) is 0 Å². The number of nitrogen functional groups attached to an aromatic ring is 1. The van der Waals surface area contributed by atoms with Gasteiger partial charge < -0.3 is 20.5 Å². The predicted molar refractivity (Wildman–Crippen MR) is 65.4 cm³/mol. The number of likely N-dealkylation sites (N-methyl/N-ethyl adjacent to an activating group) is 1. The number of hydrogen-bond acceptors (Lipinski definition) is 4. The molecular weight excluding hydrogens is 220 g/mol. The highest BCUT2D eigenvalue weighted by Gasteiger charge is 2.23. The van der Waals surface area contributed by atoms with Crippen LogP contribution in [0.15, 0.2) is 18.2 Å². The Kier molecular flexibility index (Phi) is 3.19. The van der Waals surface area contributed by atoms with Crippen LogP contribution in [0.2, 0.25) is 0 Å². The standard InChI is InChI=1S/C12H16N2O3/c1-14(8-5-6-17-7-8)10-4-2-3-9(11(10)13)12(15)16/h2-4,8H,5-7,13H2,1H3,(H,15,16). The highest BCUT2D eigenvalue weighted by molar-refractivity contribution is 5.97. The van der Waals surface area contributed by atoms with E-state index in [0.717, 1.165) is 18.7 Å². The Bertz CT molecular complexity index is 428. The number of carboxylic acid groups (broad SMARTS) is 1. The summed E-state index contributed by atoms with van der Waals surface area (Å²) in [4.78, 5) is 13.0. The van der Waals surface area contributed by atoms with E-state index in [1.165, 1.54) is 6.07 Å². The number of nitrogens with zero attached hydrogens (tertiary/aromatic N) is 1. The molecule has 5 heteroatoms. The molecule has 3 N–H and O–H groups in total. The van der Waals surface area contributed by atoms with Crippen LogP contribution >= 0.6 is 0 Å². The van der Waals surface area contributed by atoms with Gasteiger partial charge in [0.05, 0.1) is 29.6 Å². The van der Waals surface area contributed by atoms with Crippen LogP contribution in [-0.4, -0.2) is 37.4 Å². The van der Waals surface area contributed by atoms with Gasteiger partial charge in [0.25, 0.3) is 0 Å². The summed E-state index contributed by atoms with van der Waals surface area (Å²) < 4.78 is 5.32. The van der Waals surface area contributed by atoms with Crippen LogP contribution in [0.1, 0.15) is 16.8 Å². The Morgan fingerprint density at radius 3 is 2.94 bits per heavy atom. The second kappa shape index (κ2) is 4.63. The van der Waals surface area contributed by atoms with E-state index in [1.54, 1.807) is 6.07 Å². The minimum Gasteiger partial charge on any atom is -0.478 e. The Hall–Kier alpha value is -1.75. The van der Waals surface area contributed by atoms with Crippen molar-refractivity contribution in [1.29, 1.82) is 0 Å². The monoisotopic (exact) mass is 236 g/mol. The number of nitrogens with two attached hydrogens (primary N) is 1. The Morgan fingerprint density at radius 1 is 1.59 bits per heavy atom. The molecule has 0 radical (unpaired) electrons. The highest BCUT2D eigenvalue weighted by atomic mass is 16.5. The number of benzene rings is 1. The van der Waals surface area contributed by atoms with Gasteiger partial charge in [0.1, 0.15) is 0 Å². The van der Waals surface area contributed by atoms with E-state index in [9.17, 15) is 4.79 Å². The number of rotatable bonds is 3. The van der Waals surface area contributed by atoms with Crippen LogP contribution < -0.4 is 10.6 Å². The number of aromatic carboxylic acids is 1. The highest BCUT2D eigenvalue weighted by Crippen LogP contribution is 2.29. The molecule has 0 bridgehead atoms. The van der Waals surface area contributed by atoms with Crippen molar-refractivity contribution < 1.29 is 14.6 Å². The SMILES string of the molecule is CN(c1cccc(C(=O)O)c1N)C1CCOC1. The summed E-state index contributed by atoms with van der Waals surface area (Å²) in [7, 11) is 1.91. The predicted octanol–water partition coefficient (Wildman–Crippen LogP) is 1.19. The third-order valence-corrected chi connectivity index (χ3v) is 3.15. The van der Waals surface area contributed by atoms with Crippen LogP contribution in [0.3, 0.4) is 0 Å². The average molecular weight is 236 g/mol. The van der Waals surface area contributed by atoms with Gasteiger partial charge >= 0.3 is 5.97 Å². The fraction of sp³-hybridized carbons (Fsp3) is 0.417. The number of para-hydroxylation sites is 1. The zero-order valence-corrected chi connectivity index (χ0v) is 9.72. The number of ether oxygens (including phenoxy) is 1. The van der Waals surface area contributed by atoms with Gasteiger partial charge in [0, 0.05) is 13.7 Å². The first-order valence-electron chi connectivity index (χ1n) is 5.53. The number of anilines is 2. The van der Waals surface area contributed by atoms with Crippen molar-refractivity contribution in [2.45, 2.75) is 12.5 Å². The van der Waals surface area contributed by atoms with Crippen molar-refractivity contribution in [2.75, 3.05) is 30.9 Å². The molecule has 0 aromatic heterocycles. The summed E-state index contributed by atoms with van der Waals surface area (Å²) in [5.74, 6) is -1.000. The smallest absolute Gasteiger partial charge is 0.337 e. The topological polar surface area (TPSA) is 75.8 Å². The van der Waals surface area contributed by atoms with Gasteiger partial charge in [-0.2, -0.15) is 0 Å². The molecule has 1 fully saturated rings. The maximum absolute atomic E-state index is 11.0. The van der Waals surface area contributed by atoms with Gasteiger partial charge in [-0.3, -0.25) is 0 Å². The molecule has 0 saturated carbocycles. The molecule has 5 nitrogen and oxygen atoms in total. The van der Waals surface area contributed by atoms with Crippen molar-refractivity contribution in [3.63, 3.8) is 0 Å². The van der Waals surface area contributed by atoms with Crippen molar-refractivity contribution in [1.82, 2.24) is 0 Å². The van der Waals surface area contributed by atoms with Crippen LogP contribution in [0.25, 0.3) is 0 Å². The average Bonchev–Trinajstić information content (AvgIpc) is 2.81. The molecule has 1 atom stereocenters. The number of hydrogen-bond donors (Lipinski definition) is 2. The summed E-state index contributed by atoms with van der Waals surface area (Å²) in [6, 6.07) is 5.32. The van der Waals surface area contributed by atoms with Crippen LogP contribution in [0.5, 0.6) is 0 Å². The van der Waals surface area contributed by atoms with E-state index in [2.05, 4.69) is 0 Å². The van der Waals surface area contributed by atoms with Crippen LogP contribution in [0, 0.1) is 0 Å². The third-order valence-electron chi connectivity index (χ3n) is 3.15. The molecule has 1 heterocycles. The molecule has 1 aliphatic rings. The Balaban J connectivity index is 2.31. The van der Waals surface area contributed by atoms with Gasteiger partial charge in [-0.15, -0.1) is 0 Å². The fourth-order valence-corrected chi connectivity index (χ4v) is 2.07. The molecule has 92 valence electrons. The largest absolute Gasteiger partial charge is 0.478 e. The molecule has 1 aromatic carbocycles. The molecule has 0 spiro atoms. The van der Waals surface area contributed by atoms with Crippen molar-refractivity contribution in [3.8, 4) is 0 Å². The van der Waals surface area contributed by atoms with Gasteiger partial charge in [-0.25, -0.2) is 4.79 Å². The molecule has 1 saturated heterocycles. The molecule has 1 aliphatic heterocycles. The zero-order chi connectivity index (χ0) is 12.4. The summed E-state index contributed by atoms with van der Waals surface area (Å²) in [6.45, 7) is 1.40. The molecule has 1 aromatic rings. The van der Waals surface area contributed by atoms with Crippen LogP contribution in [0.4, 0.5) is 11.4 Å². The Morgan fingerprint density at radius 2 is 2.35 bits per heavy atom. The van der Waals surface area contributed by atoms with Gasteiger partial charge in [-0.05, 0) is 18.6 Å². The minimum absolute atomic E-state index is 0.147. The second-order valence-electron chi connectivity index (χ2n) is 4.17. The maximum atomic E-state index is 11.0. The Labute approximate surface area is 99.8 Å². The normalized spacial score (nSPS) is 19.2. The summed E-state index contributed by atoms with van der Waals surface area (Å²) in [5, 5.41) is 9.01. The summed E-state index contributed by atoms with van der Waals surface area (Å²) >= 11 is 0. The van der Waals surface area contributed by atoms with E-state index in [1.807, 2.05) is 18.0 Å². The molecule has 0 amide bonds. The first kappa shape index (κ1) is 11.7. The van der Waals surface area contributed by atoms with Crippen molar-refractivity contribution >= 4 is 17.3 Å². The summed E-state index contributed by atoms with van der Waals surface area (Å²) in [5.41, 5.74) is 7.10. The van der Waals surface area contributed by atoms with E-state index in [-0.39, 0.29) is 11.6 Å². The first-order valence-corrected chi connectivity index (χ1v) is 5.53. The minimum atomic E-state index is -1.000. The molecule has 1 unspecified atom stereocenters. The lowest BCUT2D eigenvalue weighted by Crippen LogP contribution is -2.32. The first-order chi connectivity index (χ1) is 8.11. The lowest BCUT2D eigenvalue weighted by atomic mass is 10.1. The zero-order valence-electron chi connectivity index (χ0n) is 9.72. The van der Waals surface area contributed by atoms with E-state index >= 15 is 0 Å². The molecular formula is C12H16N2O3. The number of carboxylic acids is 1. The quantitative estimate of drug-likeness (QED) is 0.771. The molecule has 0 aliphatic carbocycles. The van der Waals surface area contributed by atoms with Crippen LogP contribution in [-0.2, 0) is 4.74 Å². The van der Waals surface area contributed by atoms with Gasteiger partial charge in [0.2, 0.25) is 0 Å². The molecule has 17 heavy (non-hydrogen) atoms. The second-order valence-corrected chi connectivity index (χ2v) is 4.17. The lowest BCUT2D eigenvalue weighted by Gasteiger charge is -2.27. The van der Waals surface area contributed by atoms with E-state index in [4.69, 9.17) is 15.6 Å². The summed E-state index contributed by atoms with van der Waals surface area (Å²) in [6.07, 6.45) is 0.938. The van der Waals surface area contributed by atoms with Crippen molar-refractivity contribution in [3.05, 3.63) is 23.8 Å². The van der Waals surface area contributed by atoms with Gasteiger partial charge in [-0.1, -0.05) is 6.07 Å². The fourth-order valence-electron chi connectivity index (χ4n) is 2.07. The number of carbonyl (C=O) groups is 1. The van der Waals surface area contributed by atoms with E-state index in [0.29, 0.717) is 12.3 Å². The van der Waals surface area contributed by atoms with E-state index < -0.39 is 5.97 Å².